The maximum absolute atomic E-state index is 7.02. The van der Waals surface area contributed by atoms with Crippen molar-refractivity contribution in [2.75, 3.05) is 0 Å². The lowest BCUT2D eigenvalue weighted by Gasteiger charge is -2.18. The van der Waals surface area contributed by atoms with Crippen LogP contribution in [0.25, 0.3) is 198 Å². The Hall–Kier alpha value is -13.4. The zero-order valence-corrected chi connectivity index (χ0v) is 55.8. The van der Waals surface area contributed by atoms with E-state index in [9.17, 15) is 0 Å². The number of para-hydroxylation sites is 1. The van der Waals surface area contributed by atoms with Gasteiger partial charge < -0.3 is 8.83 Å². The zero-order valence-electron chi connectivity index (χ0n) is 55.8. The SMILES string of the molecule is c1ccc(-c2oc3c(-c4c5ccccc5c(-c5ccc(-c6cccc7ccccc67)cc5)c5ccccc45)cccc3c2-c2ccccc2)cc1.c1ccc(-c2oc3ccc(-c4c5ccccc5c(-c5ccc(-c6ccc7ccccc7c6)cc5)c5ccccc45)cc3c2-c2ccccc2)cc1. The first kappa shape index (κ1) is 59.8. The van der Waals surface area contributed by atoms with Crippen LogP contribution in [-0.2, 0) is 0 Å². The first-order valence-corrected chi connectivity index (χ1v) is 35.0. The van der Waals surface area contributed by atoms with Crippen molar-refractivity contribution in [3.63, 3.8) is 0 Å². The van der Waals surface area contributed by atoms with Crippen LogP contribution in [0.4, 0.5) is 0 Å². The van der Waals surface area contributed by atoms with Crippen molar-refractivity contribution in [3.8, 4) is 112 Å². The second-order valence-corrected chi connectivity index (χ2v) is 26.4. The van der Waals surface area contributed by atoms with E-state index in [1.165, 1.54) is 126 Å². The third-order valence-corrected chi connectivity index (χ3v) is 20.6. The third kappa shape index (κ3) is 10.4. The number of furan rings is 2. The van der Waals surface area contributed by atoms with Crippen LogP contribution in [0.1, 0.15) is 0 Å². The van der Waals surface area contributed by atoms with Crippen molar-refractivity contribution in [1.82, 2.24) is 0 Å². The molecule has 2 heteroatoms. The number of benzene rings is 18. The smallest absolute Gasteiger partial charge is 0.143 e. The first-order valence-electron chi connectivity index (χ1n) is 35.0. The highest BCUT2D eigenvalue weighted by molar-refractivity contribution is 6.25. The maximum Gasteiger partial charge on any atom is 0.143 e. The predicted octanol–water partition coefficient (Wildman–Crippen LogP) is 28.5. The van der Waals surface area contributed by atoms with Crippen LogP contribution in [0.15, 0.2) is 397 Å². The van der Waals surface area contributed by atoms with Crippen LogP contribution in [0.5, 0.6) is 0 Å². The Morgan fingerprint density at radius 1 is 0.147 bits per heavy atom. The summed E-state index contributed by atoms with van der Waals surface area (Å²) in [5, 5.41) is 17.1. The molecule has 0 saturated heterocycles. The molecule has 0 aliphatic carbocycles. The van der Waals surface area contributed by atoms with Gasteiger partial charge in [-0.2, -0.15) is 0 Å². The second-order valence-electron chi connectivity index (χ2n) is 26.4. The summed E-state index contributed by atoms with van der Waals surface area (Å²) in [4.78, 5) is 0. The number of hydrogen-bond acceptors (Lipinski definition) is 2. The highest BCUT2D eigenvalue weighted by Crippen LogP contribution is 2.51. The predicted molar refractivity (Wildman–Crippen MR) is 432 cm³/mol. The molecule has 0 atom stereocenters. The van der Waals surface area contributed by atoms with E-state index in [1.54, 1.807) is 0 Å². The van der Waals surface area contributed by atoms with Crippen molar-refractivity contribution >= 4 is 86.6 Å². The average Bonchev–Trinajstić information content (AvgIpc) is 1.09. The lowest BCUT2D eigenvalue weighted by Crippen LogP contribution is -1.91. The van der Waals surface area contributed by atoms with Gasteiger partial charge in [-0.25, -0.2) is 0 Å². The van der Waals surface area contributed by atoms with Crippen molar-refractivity contribution in [1.29, 1.82) is 0 Å². The summed E-state index contributed by atoms with van der Waals surface area (Å²) < 4.78 is 13.7. The fourth-order valence-electron chi connectivity index (χ4n) is 15.9. The molecule has 0 unspecified atom stereocenters. The van der Waals surface area contributed by atoms with Crippen LogP contribution in [0, 0.1) is 0 Å². The summed E-state index contributed by atoms with van der Waals surface area (Å²) >= 11 is 0. The number of rotatable bonds is 10. The monoisotopic (exact) mass is 1300 g/mol. The Bertz CT molecular complexity index is 6440. The summed E-state index contributed by atoms with van der Waals surface area (Å²) in [6, 6.07) is 140. The van der Waals surface area contributed by atoms with Crippen LogP contribution in [-0.4, -0.2) is 0 Å². The maximum atomic E-state index is 7.02. The summed E-state index contributed by atoms with van der Waals surface area (Å²) in [5.74, 6) is 1.78. The zero-order chi connectivity index (χ0) is 67.5. The summed E-state index contributed by atoms with van der Waals surface area (Å²) in [6.07, 6.45) is 0. The van der Waals surface area contributed by atoms with Crippen LogP contribution >= 0.6 is 0 Å². The van der Waals surface area contributed by atoms with Gasteiger partial charge in [0.2, 0.25) is 0 Å². The van der Waals surface area contributed by atoms with Crippen LogP contribution in [0.2, 0.25) is 0 Å². The molecule has 0 saturated carbocycles. The molecule has 102 heavy (non-hydrogen) atoms. The molecular formula is C100H64O2. The molecular weight excluding hydrogens is 1230 g/mol. The van der Waals surface area contributed by atoms with Crippen LogP contribution < -0.4 is 0 Å². The summed E-state index contributed by atoms with van der Waals surface area (Å²) in [5.41, 5.74) is 23.0. The Labute approximate surface area is 591 Å². The Kier molecular flexibility index (Phi) is 14.9. The highest BCUT2D eigenvalue weighted by Gasteiger charge is 2.26. The minimum absolute atomic E-state index is 0.883. The van der Waals surface area contributed by atoms with Gasteiger partial charge in [0.05, 0.1) is 0 Å². The van der Waals surface area contributed by atoms with E-state index in [2.05, 4.69) is 382 Å². The Balaban J connectivity index is 0.000000141. The Morgan fingerprint density at radius 2 is 0.490 bits per heavy atom. The van der Waals surface area contributed by atoms with E-state index in [1.807, 2.05) is 6.07 Å². The van der Waals surface area contributed by atoms with E-state index >= 15 is 0 Å². The van der Waals surface area contributed by atoms with Crippen molar-refractivity contribution < 1.29 is 8.83 Å². The quantitative estimate of drug-likeness (QED) is 0.128. The van der Waals surface area contributed by atoms with Gasteiger partial charge in [0.1, 0.15) is 22.7 Å². The average molecular weight is 1300 g/mol. The van der Waals surface area contributed by atoms with Gasteiger partial charge in [-0.3, -0.25) is 0 Å². The molecule has 0 aliphatic rings. The van der Waals surface area contributed by atoms with E-state index in [-0.39, 0.29) is 0 Å². The topological polar surface area (TPSA) is 26.3 Å². The molecule has 2 aromatic heterocycles. The lowest BCUT2D eigenvalue weighted by atomic mass is 9.85. The second kappa shape index (κ2) is 25.5. The standard InChI is InChI=1S/2C50H32O/c1-3-16-35(17-4-1)47-44-27-14-28-45(50(44)51-49(47)37-18-5-2-6-19-37)48-42-24-11-9-22-40(42)46(41-23-10-12-25-43(41)48)36-31-29-34(30-32-36)39-26-13-20-33-15-7-8-21-38(33)39;1-3-14-35(15-4-1)49-45-32-40(29-30-46(45)51-50(49)37-16-5-2-6-17-37)48-43-21-11-9-19-41(43)47(42-20-10-12-22-44(42)48)36-26-23-34(24-27-36)39-28-25-33-13-7-8-18-38(33)31-39/h2*1-32H. The van der Waals surface area contributed by atoms with Gasteiger partial charge in [0, 0.05) is 44.2 Å². The molecule has 0 aliphatic heterocycles. The van der Waals surface area contributed by atoms with Gasteiger partial charge >= 0.3 is 0 Å². The fourth-order valence-corrected chi connectivity index (χ4v) is 15.9. The van der Waals surface area contributed by atoms with Crippen molar-refractivity contribution in [2.24, 2.45) is 0 Å². The summed E-state index contributed by atoms with van der Waals surface area (Å²) in [7, 11) is 0. The lowest BCUT2D eigenvalue weighted by molar-refractivity contribution is 0.632. The minimum atomic E-state index is 0.883. The van der Waals surface area contributed by atoms with E-state index in [4.69, 9.17) is 8.83 Å². The largest absolute Gasteiger partial charge is 0.455 e. The van der Waals surface area contributed by atoms with Gasteiger partial charge in [0.25, 0.3) is 0 Å². The Morgan fingerprint density at radius 3 is 1.02 bits per heavy atom. The van der Waals surface area contributed by atoms with Crippen molar-refractivity contribution in [3.05, 3.63) is 388 Å². The fraction of sp³-hybridized carbons (Fsp3) is 0. The van der Waals surface area contributed by atoms with Gasteiger partial charge in [-0.05, 0) is 150 Å². The minimum Gasteiger partial charge on any atom is -0.455 e. The molecule has 0 radical (unpaired) electrons. The van der Waals surface area contributed by atoms with Gasteiger partial charge in [0.15, 0.2) is 0 Å². The molecule has 0 bridgehead atoms. The molecule has 0 fully saturated rings. The number of fused-ring (bicyclic) bond motifs is 8. The van der Waals surface area contributed by atoms with Crippen molar-refractivity contribution in [2.45, 2.75) is 0 Å². The van der Waals surface area contributed by atoms with Gasteiger partial charge in [-0.15, -0.1) is 0 Å². The third-order valence-electron chi connectivity index (χ3n) is 20.6. The highest BCUT2D eigenvalue weighted by atomic mass is 16.3. The van der Waals surface area contributed by atoms with E-state index < -0.39 is 0 Å². The molecule has 2 heterocycles. The normalized spacial score (nSPS) is 11.5. The molecule has 2 nitrogen and oxygen atoms in total. The molecule has 18 aromatic carbocycles. The molecule has 0 amide bonds. The van der Waals surface area contributed by atoms with Crippen LogP contribution in [0.3, 0.4) is 0 Å². The molecule has 476 valence electrons. The molecule has 0 spiro atoms. The van der Waals surface area contributed by atoms with E-state index in [0.29, 0.717) is 0 Å². The molecule has 20 aromatic rings. The summed E-state index contributed by atoms with van der Waals surface area (Å²) in [6.45, 7) is 0. The molecule has 20 rings (SSSR count). The van der Waals surface area contributed by atoms with E-state index in [0.717, 1.165) is 72.4 Å². The first-order chi connectivity index (χ1) is 50.6. The number of hydrogen-bond donors (Lipinski definition) is 0. The molecule has 0 N–H and O–H groups in total. The van der Waals surface area contributed by atoms with Gasteiger partial charge in [-0.1, -0.05) is 370 Å².